The first-order valence-electron chi connectivity index (χ1n) is 8.47. The van der Waals surface area contributed by atoms with E-state index in [9.17, 15) is 23.5 Å². The van der Waals surface area contributed by atoms with E-state index in [1.807, 2.05) is 0 Å². The van der Waals surface area contributed by atoms with Crippen LogP contribution in [0.3, 0.4) is 0 Å². The number of halogens is 4. The van der Waals surface area contributed by atoms with Crippen LogP contribution in [0.15, 0.2) is 47.8 Å². The van der Waals surface area contributed by atoms with Crippen molar-refractivity contribution < 1.29 is 23.5 Å². The molecule has 1 heterocycles. The summed E-state index contributed by atoms with van der Waals surface area (Å²) in [4.78, 5) is 24.6. The lowest BCUT2D eigenvalue weighted by Gasteiger charge is -2.10. The molecule has 3 rings (SSSR count). The summed E-state index contributed by atoms with van der Waals surface area (Å²) in [5.41, 5.74) is 0.701. The maximum absolute atomic E-state index is 14.5. The Morgan fingerprint density at radius 2 is 1.79 bits per heavy atom. The molecule has 0 bridgehead atoms. The van der Waals surface area contributed by atoms with Crippen LogP contribution < -0.4 is 0 Å². The molecule has 1 atom stereocenters. The topological polar surface area (TPSA) is 54.4 Å². The van der Waals surface area contributed by atoms with E-state index in [0.717, 1.165) is 17.4 Å². The number of carbonyl (C=O) groups is 2. The minimum absolute atomic E-state index is 0.0345. The Morgan fingerprint density at radius 3 is 2.41 bits per heavy atom. The van der Waals surface area contributed by atoms with Crippen LogP contribution in [0, 0.1) is 5.82 Å². The number of aromatic carboxylic acids is 1. The molecule has 0 spiro atoms. The number of carboxylic acids is 1. The van der Waals surface area contributed by atoms with E-state index in [-0.39, 0.29) is 21.7 Å². The SMILES string of the molecule is O=C(O)c1c(CC(=O)C(F)Cc2c(F)cccc2Cl)csc1-c1ccc(Cl)cc1. The molecule has 3 aromatic rings. The molecule has 0 amide bonds. The van der Waals surface area contributed by atoms with Crippen LogP contribution in [-0.2, 0) is 17.6 Å². The van der Waals surface area contributed by atoms with E-state index < -0.39 is 36.6 Å². The fourth-order valence-corrected chi connectivity index (χ4v) is 4.33. The molecule has 0 aliphatic rings. The highest BCUT2D eigenvalue weighted by Crippen LogP contribution is 2.34. The summed E-state index contributed by atoms with van der Waals surface area (Å²) < 4.78 is 28.3. The van der Waals surface area contributed by atoms with Gasteiger partial charge < -0.3 is 5.11 Å². The zero-order chi connectivity index (χ0) is 21.1. The molecule has 29 heavy (non-hydrogen) atoms. The van der Waals surface area contributed by atoms with Crippen molar-refractivity contribution in [1.29, 1.82) is 0 Å². The summed E-state index contributed by atoms with van der Waals surface area (Å²) >= 11 is 12.9. The van der Waals surface area contributed by atoms with Crippen LogP contribution in [-0.4, -0.2) is 23.0 Å². The Kier molecular flexibility index (Phi) is 6.67. The maximum atomic E-state index is 14.5. The van der Waals surface area contributed by atoms with E-state index in [2.05, 4.69) is 0 Å². The highest BCUT2D eigenvalue weighted by molar-refractivity contribution is 7.14. The van der Waals surface area contributed by atoms with E-state index >= 15 is 0 Å². The summed E-state index contributed by atoms with van der Waals surface area (Å²) in [5.74, 6) is -2.75. The molecule has 3 nitrogen and oxygen atoms in total. The number of thiophene rings is 1. The number of hydrogen-bond donors (Lipinski definition) is 1. The van der Waals surface area contributed by atoms with Crippen LogP contribution in [0.4, 0.5) is 8.78 Å². The molecule has 150 valence electrons. The highest BCUT2D eigenvalue weighted by Gasteiger charge is 2.26. The van der Waals surface area contributed by atoms with Crippen molar-refractivity contribution in [2.45, 2.75) is 19.0 Å². The summed E-state index contributed by atoms with van der Waals surface area (Å²) in [6.45, 7) is 0. The molecule has 1 aromatic heterocycles. The third-order valence-electron chi connectivity index (χ3n) is 4.35. The Bertz CT molecular complexity index is 1040. The molecule has 0 radical (unpaired) electrons. The number of rotatable bonds is 7. The molecule has 2 aromatic carbocycles. The predicted octanol–water partition coefficient (Wildman–Crippen LogP) is 6.25. The van der Waals surface area contributed by atoms with Gasteiger partial charge in [-0.2, -0.15) is 0 Å². The highest BCUT2D eigenvalue weighted by atomic mass is 35.5. The summed E-state index contributed by atoms with van der Waals surface area (Å²) in [5, 5.41) is 11.7. The molecule has 0 aliphatic heterocycles. The Labute approximate surface area is 179 Å². The summed E-state index contributed by atoms with van der Waals surface area (Å²) in [6, 6.07) is 10.5. The third kappa shape index (κ3) is 4.83. The number of benzene rings is 2. The Balaban J connectivity index is 1.83. The predicted molar refractivity (Wildman–Crippen MR) is 110 cm³/mol. The van der Waals surface area contributed by atoms with Crippen LogP contribution in [0.25, 0.3) is 10.4 Å². The van der Waals surface area contributed by atoms with E-state index in [4.69, 9.17) is 23.2 Å². The first-order valence-corrected chi connectivity index (χ1v) is 10.1. The molecule has 0 saturated heterocycles. The standard InChI is InChI=1S/C21H14Cl2F2O3S/c22-13-6-4-11(5-7-13)20-19(21(27)28)12(10-29-20)8-18(26)17(25)9-14-15(23)2-1-3-16(14)24/h1-7,10,17H,8-9H2,(H,27,28). The molecule has 0 fully saturated rings. The largest absolute Gasteiger partial charge is 0.478 e. The lowest BCUT2D eigenvalue weighted by Crippen LogP contribution is -2.22. The molecular formula is C21H14Cl2F2O3S. The van der Waals surface area contributed by atoms with Crippen molar-refractivity contribution in [3.05, 3.63) is 80.4 Å². The monoisotopic (exact) mass is 454 g/mol. The average Bonchev–Trinajstić information content (AvgIpc) is 3.09. The van der Waals surface area contributed by atoms with Gasteiger partial charge in [-0.1, -0.05) is 41.4 Å². The van der Waals surface area contributed by atoms with Crippen molar-refractivity contribution in [2.75, 3.05) is 0 Å². The smallest absolute Gasteiger partial charge is 0.337 e. The fraction of sp³-hybridized carbons (Fsp3) is 0.143. The van der Waals surface area contributed by atoms with Crippen LogP contribution in [0.5, 0.6) is 0 Å². The number of Topliss-reactive ketones (excluding diaryl/α,β-unsaturated/α-hetero) is 1. The normalized spacial score (nSPS) is 12.0. The molecule has 1 N–H and O–H groups in total. The van der Waals surface area contributed by atoms with Crippen molar-refractivity contribution in [2.24, 2.45) is 0 Å². The minimum Gasteiger partial charge on any atom is -0.478 e. The Morgan fingerprint density at radius 1 is 1.10 bits per heavy atom. The van der Waals surface area contributed by atoms with Crippen molar-refractivity contribution in [3.8, 4) is 10.4 Å². The van der Waals surface area contributed by atoms with Crippen molar-refractivity contribution in [3.63, 3.8) is 0 Å². The van der Waals surface area contributed by atoms with E-state index in [0.29, 0.717) is 15.5 Å². The molecule has 0 aliphatic carbocycles. The van der Waals surface area contributed by atoms with E-state index in [1.165, 1.54) is 17.5 Å². The van der Waals surface area contributed by atoms with Gasteiger partial charge in [0.25, 0.3) is 0 Å². The van der Waals surface area contributed by atoms with Gasteiger partial charge in [-0.15, -0.1) is 11.3 Å². The number of hydrogen-bond acceptors (Lipinski definition) is 3. The van der Waals surface area contributed by atoms with E-state index in [1.54, 1.807) is 24.3 Å². The van der Waals surface area contributed by atoms with Gasteiger partial charge in [-0.05, 0) is 40.8 Å². The lowest BCUT2D eigenvalue weighted by atomic mass is 9.98. The average molecular weight is 455 g/mol. The molecular weight excluding hydrogens is 441 g/mol. The van der Waals surface area contributed by atoms with Gasteiger partial charge in [0, 0.05) is 33.3 Å². The number of carbonyl (C=O) groups excluding carboxylic acids is 1. The lowest BCUT2D eigenvalue weighted by molar-refractivity contribution is -0.123. The second kappa shape index (κ2) is 9.03. The maximum Gasteiger partial charge on any atom is 0.337 e. The zero-order valence-electron chi connectivity index (χ0n) is 14.8. The van der Waals surface area contributed by atoms with Crippen LogP contribution in [0.1, 0.15) is 21.5 Å². The quantitative estimate of drug-likeness (QED) is 0.458. The molecule has 0 saturated carbocycles. The first kappa shape index (κ1) is 21.4. The van der Waals surface area contributed by atoms with Crippen molar-refractivity contribution >= 4 is 46.3 Å². The number of carboxylic acid groups (broad SMARTS) is 1. The summed E-state index contributed by atoms with van der Waals surface area (Å²) in [6.07, 6.45) is -2.94. The molecule has 1 unspecified atom stereocenters. The van der Waals surface area contributed by atoms with Gasteiger partial charge in [0.15, 0.2) is 12.0 Å². The van der Waals surface area contributed by atoms with Gasteiger partial charge in [0.2, 0.25) is 0 Å². The van der Waals surface area contributed by atoms with Gasteiger partial charge in [0.1, 0.15) is 5.82 Å². The number of alkyl halides is 1. The van der Waals surface area contributed by atoms with Gasteiger partial charge in [-0.3, -0.25) is 4.79 Å². The van der Waals surface area contributed by atoms with Gasteiger partial charge >= 0.3 is 5.97 Å². The van der Waals surface area contributed by atoms with Crippen LogP contribution in [0.2, 0.25) is 10.0 Å². The zero-order valence-corrected chi connectivity index (χ0v) is 17.1. The third-order valence-corrected chi connectivity index (χ3v) is 6.03. The second-order valence-electron chi connectivity index (χ2n) is 6.29. The Hall–Kier alpha value is -2.28. The van der Waals surface area contributed by atoms with Gasteiger partial charge in [-0.25, -0.2) is 13.6 Å². The summed E-state index contributed by atoms with van der Waals surface area (Å²) in [7, 11) is 0. The van der Waals surface area contributed by atoms with Crippen molar-refractivity contribution in [1.82, 2.24) is 0 Å². The molecule has 8 heteroatoms. The minimum atomic E-state index is -2.01. The van der Waals surface area contributed by atoms with Crippen LogP contribution >= 0.6 is 34.5 Å². The number of ketones is 1. The second-order valence-corrected chi connectivity index (χ2v) is 8.02. The van der Waals surface area contributed by atoms with Gasteiger partial charge in [0.05, 0.1) is 5.56 Å². The fourth-order valence-electron chi connectivity index (χ4n) is 2.89. The first-order chi connectivity index (χ1) is 13.8.